The van der Waals surface area contributed by atoms with E-state index in [1.807, 2.05) is 0 Å². The standard InChI is InChI=1S/C54H58N4O2/c1-51(2)41-23-27-45(55-41)53(5)31-11-13-33-59-39-21-19-35-15-7-9-17-37(35)49(39)50-38-18-10-8-16-36(38)20-22-40(50)60-34-14-12-32-54(6,46-28-24-42(51)56-46)48-30-26-44(58-48)52(3,4)43-25-29-47(53)57-43/h7-10,15-30,55-58H,11-14,31-34H2,1-6H3. The van der Waals surface area contributed by atoms with Crippen LogP contribution in [0, 0.1) is 0 Å². The molecule has 0 spiro atoms. The number of ether oxygens (including phenoxy) is 2. The molecular weight excluding hydrogens is 737 g/mol. The van der Waals surface area contributed by atoms with Crippen LogP contribution in [-0.4, -0.2) is 33.1 Å². The second kappa shape index (κ2) is 14.4. The molecule has 4 aromatic carbocycles. The predicted molar refractivity (Wildman–Crippen MR) is 246 cm³/mol. The van der Waals surface area contributed by atoms with Crippen molar-refractivity contribution in [3.63, 3.8) is 0 Å². The molecule has 6 heteroatoms. The van der Waals surface area contributed by atoms with Crippen molar-refractivity contribution in [3.05, 3.63) is 167 Å². The van der Waals surface area contributed by atoms with Crippen molar-refractivity contribution in [3.8, 4) is 22.6 Å². The SMILES string of the molecule is CC1(C)c2ccc([nH]2)C2(C)CCCCOc3ccc4ccccc4c3-c3c(ccc4ccccc34)OCCCCC(C)(c3ccc1[nH]3)c1ccc([nH]1)C(C)(C)c1ccc2[nH]1. The van der Waals surface area contributed by atoms with Gasteiger partial charge in [0.1, 0.15) is 11.5 Å². The number of fused-ring (bicyclic) bond motifs is 10. The molecule has 60 heavy (non-hydrogen) atoms. The Balaban J connectivity index is 1.13. The Hall–Kier alpha value is -5.88. The van der Waals surface area contributed by atoms with Crippen LogP contribution >= 0.6 is 0 Å². The molecule has 4 N–H and O–H groups in total. The first-order valence-electron chi connectivity index (χ1n) is 22.1. The molecule has 0 saturated carbocycles. The molecule has 0 fully saturated rings. The highest BCUT2D eigenvalue weighted by Crippen LogP contribution is 2.47. The van der Waals surface area contributed by atoms with Crippen molar-refractivity contribution in [2.24, 2.45) is 0 Å². The minimum Gasteiger partial charge on any atom is -0.493 e. The summed E-state index contributed by atoms with van der Waals surface area (Å²) in [6.07, 6.45) is 5.68. The first-order valence-corrected chi connectivity index (χ1v) is 22.1. The molecule has 10 bridgehead atoms. The van der Waals surface area contributed by atoms with E-state index in [-0.39, 0.29) is 21.7 Å². The normalized spacial score (nSPS) is 21.6. The molecule has 306 valence electrons. The minimum absolute atomic E-state index is 0.273. The maximum Gasteiger partial charge on any atom is 0.127 e. The molecule has 4 aromatic heterocycles. The van der Waals surface area contributed by atoms with Gasteiger partial charge in [-0.15, -0.1) is 0 Å². The van der Waals surface area contributed by atoms with E-state index in [0.29, 0.717) is 13.2 Å². The topological polar surface area (TPSA) is 81.6 Å². The van der Waals surface area contributed by atoms with Crippen LogP contribution in [-0.2, 0) is 21.7 Å². The fraction of sp³-hybridized carbons (Fsp3) is 0.333. The molecule has 11 rings (SSSR count). The molecule has 0 atom stereocenters. The number of benzene rings is 4. The Morgan fingerprint density at radius 3 is 1.07 bits per heavy atom. The molecule has 0 amide bonds. The van der Waals surface area contributed by atoms with Gasteiger partial charge in [0.05, 0.1) is 13.2 Å². The lowest BCUT2D eigenvalue weighted by molar-refractivity contribution is 0.296. The number of aromatic amines is 4. The van der Waals surface area contributed by atoms with Crippen molar-refractivity contribution in [1.82, 2.24) is 19.9 Å². The average Bonchev–Trinajstić information content (AvgIpc) is 4.10. The zero-order valence-corrected chi connectivity index (χ0v) is 36.0. The number of aromatic nitrogens is 4. The predicted octanol–water partition coefficient (Wildman–Crippen LogP) is 13.4. The smallest absolute Gasteiger partial charge is 0.127 e. The van der Waals surface area contributed by atoms with Crippen LogP contribution in [0.3, 0.4) is 0 Å². The van der Waals surface area contributed by atoms with Crippen molar-refractivity contribution < 1.29 is 9.47 Å². The summed E-state index contributed by atoms with van der Waals surface area (Å²) in [6, 6.07) is 44.6. The van der Waals surface area contributed by atoms with Gasteiger partial charge in [-0.3, -0.25) is 0 Å². The summed E-state index contributed by atoms with van der Waals surface area (Å²) in [6.45, 7) is 15.3. The van der Waals surface area contributed by atoms with Crippen LogP contribution < -0.4 is 9.47 Å². The van der Waals surface area contributed by atoms with Crippen LogP contribution in [0.5, 0.6) is 11.5 Å². The van der Waals surface area contributed by atoms with Crippen molar-refractivity contribution in [2.75, 3.05) is 13.2 Å². The maximum absolute atomic E-state index is 6.90. The minimum atomic E-state index is -0.293. The van der Waals surface area contributed by atoms with Crippen molar-refractivity contribution in [1.29, 1.82) is 0 Å². The summed E-state index contributed by atoms with van der Waals surface area (Å²) in [4.78, 5) is 16.0. The van der Waals surface area contributed by atoms with Crippen LogP contribution in [0.1, 0.15) is 126 Å². The zero-order valence-electron chi connectivity index (χ0n) is 36.0. The van der Waals surface area contributed by atoms with Gasteiger partial charge in [-0.1, -0.05) is 60.7 Å². The largest absolute Gasteiger partial charge is 0.493 e. The highest BCUT2D eigenvalue weighted by Gasteiger charge is 2.39. The second-order valence-electron chi connectivity index (χ2n) is 19.0. The van der Waals surface area contributed by atoms with Gasteiger partial charge < -0.3 is 29.4 Å². The molecule has 0 unspecified atom stereocenters. The number of nitrogens with one attached hydrogen (secondary N) is 4. The van der Waals surface area contributed by atoms with E-state index in [9.17, 15) is 0 Å². The summed E-state index contributed by atoms with van der Waals surface area (Å²) in [5.41, 5.74) is 10.8. The lowest BCUT2D eigenvalue weighted by atomic mass is 9.78. The Labute approximate surface area is 354 Å². The summed E-state index contributed by atoms with van der Waals surface area (Å²) < 4.78 is 13.8. The second-order valence-corrected chi connectivity index (χ2v) is 19.0. The van der Waals surface area contributed by atoms with E-state index in [4.69, 9.17) is 9.47 Å². The van der Waals surface area contributed by atoms with Gasteiger partial charge >= 0.3 is 0 Å². The molecule has 0 saturated heterocycles. The third-order valence-electron chi connectivity index (χ3n) is 14.5. The average molecular weight is 795 g/mol. The van der Waals surface area contributed by atoms with Gasteiger partial charge in [0, 0.05) is 78.3 Å². The van der Waals surface area contributed by atoms with E-state index in [2.05, 4.69) is 183 Å². The number of hydrogen-bond acceptors (Lipinski definition) is 2. The van der Waals surface area contributed by atoms with Crippen LogP contribution in [0.2, 0.25) is 0 Å². The highest BCUT2D eigenvalue weighted by molar-refractivity contribution is 6.09. The number of H-pyrrole nitrogens is 4. The van der Waals surface area contributed by atoms with Gasteiger partial charge in [-0.25, -0.2) is 0 Å². The molecule has 3 aliphatic heterocycles. The van der Waals surface area contributed by atoms with Crippen LogP contribution in [0.25, 0.3) is 32.7 Å². The van der Waals surface area contributed by atoms with Crippen molar-refractivity contribution >= 4 is 21.5 Å². The van der Waals surface area contributed by atoms with E-state index in [1.54, 1.807) is 0 Å². The van der Waals surface area contributed by atoms with E-state index in [1.165, 1.54) is 67.1 Å². The fourth-order valence-corrected chi connectivity index (χ4v) is 10.2. The number of hydrogen-bond donors (Lipinski definition) is 4. The van der Waals surface area contributed by atoms with Gasteiger partial charge in [0.25, 0.3) is 0 Å². The van der Waals surface area contributed by atoms with Gasteiger partial charge in [0.15, 0.2) is 0 Å². The summed E-state index contributed by atoms with van der Waals surface area (Å²) in [7, 11) is 0. The third-order valence-corrected chi connectivity index (χ3v) is 14.5. The zero-order chi connectivity index (χ0) is 41.3. The Bertz CT molecular complexity index is 2560. The number of rotatable bonds is 0. The maximum atomic E-state index is 6.90. The van der Waals surface area contributed by atoms with Crippen LogP contribution in [0.15, 0.2) is 121 Å². The molecule has 0 aliphatic carbocycles. The summed E-state index contributed by atoms with van der Waals surface area (Å²) in [5.74, 6) is 1.79. The lowest BCUT2D eigenvalue weighted by Crippen LogP contribution is -2.29. The molecule has 3 aliphatic rings. The molecule has 7 heterocycles. The van der Waals surface area contributed by atoms with Gasteiger partial charge in [0.2, 0.25) is 0 Å². The Kier molecular flexibility index (Phi) is 9.20. The first kappa shape index (κ1) is 38.3. The van der Waals surface area contributed by atoms with E-state index in [0.717, 1.165) is 61.2 Å². The van der Waals surface area contributed by atoms with Gasteiger partial charge in [-0.2, -0.15) is 0 Å². The summed E-state index contributed by atoms with van der Waals surface area (Å²) >= 11 is 0. The lowest BCUT2D eigenvalue weighted by Gasteiger charge is -2.31. The van der Waals surface area contributed by atoms with Crippen molar-refractivity contribution in [2.45, 2.75) is 102 Å². The summed E-state index contributed by atoms with van der Waals surface area (Å²) in [5, 5.41) is 4.71. The molecule has 6 nitrogen and oxygen atoms in total. The van der Waals surface area contributed by atoms with Crippen LogP contribution in [0.4, 0.5) is 0 Å². The Morgan fingerprint density at radius 1 is 0.367 bits per heavy atom. The molecule has 8 aromatic rings. The van der Waals surface area contributed by atoms with Gasteiger partial charge in [-0.05, 0) is 162 Å². The quantitative estimate of drug-likeness (QED) is 0.123. The molecule has 0 radical (unpaired) electrons. The monoisotopic (exact) mass is 794 g/mol. The fourth-order valence-electron chi connectivity index (χ4n) is 10.2. The molecular formula is C54H58N4O2. The first-order chi connectivity index (χ1) is 29.0. The van der Waals surface area contributed by atoms with E-state index < -0.39 is 0 Å². The van der Waals surface area contributed by atoms with E-state index >= 15 is 0 Å². The highest BCUT2D eigenvalue weighted by atomic mass is 16.5. The Morgan fingerprint density at radius 2 is 0.700 bits per heavy atom. The third kappa shape index (κ3) is 6.21.